The molecule has 0 fully saturated rings. The van der Waals surface area contributed by atoms with Gasteiger partial charge in [-0.1, -0.05) is 26.7 Å². The number of aryl methyl sites for hydroxylation is 1. The zero-order valence-electron chi connectivity index (χ0n) is 15.4. The lowest BCUT2D eigenvalue weighted by atomic mass is 10.0. The molecular weight excluding hydrogens is 340 g/mol. The Hall–Kier alpha value is -1.71. The van der Waals surface area contributed by atoms with Crippen LogP contribution in [0.2, 0.25) is 0 Å². The number of thiophene rings is 1. The topological polar surface area (TPSA) is 29.9 Å². The van der Waals surface area contributed by atoms with Gasteiger partial charge in [-0.2, -0.15) is 13.9 Å². The number of nitrogens with zero attached hydrogens (tertiary/aromatic N) is 2. The Morgan fingerprint density at radius 1 is 1.28 bits per heavy atom. The van der Waals surface area contributed by atoms with Gasteiger partial charge in [-0.05, 0) is 30.7 Å². The van der Waals surface area contributed by atoms with E-state index in [9.17, 15) is 8.78 Å². The van der Waals surface area contributed by atoms with Crippen molar-refractivity contribution >= 4 is 11.3 Å². The summed E-state index contributed by atoms with van der Waals surface area (Å²) in [6.45, 7) is 7.14. The highest BCUT2D eigenvalue weighted by Crippen LogP contribution is 2.32. The van der Waals surface area contributed by atoms with Crippen LogP contribution in [0.5, 0.6) is 0 Å². The van der Waals surface area contributed by atoms with Crippen molar-refractivity contribution in [2.45, 2.75) is 46.1 Å². The number of nitrogens with one attached hydrogen (secondary N) is 1. The van der Waals surface area contributed by atoms with Crippen LogP contribution in [0.15, 0.2) is 18.2 Å². The van der Waals surface area contributed by atoms with Crippen molar-refractivity contribution < 1.29 is 8.78 Å². The van der Waals surface area contributed by atoms with E-state index in [1.807, 2.05) is 12.1 Å². The molecule has 25 heavy (non-hydrogen) atoms. The van der Waals surface area contributed by atoms with Gasteiger partial charge < -0.3 is 5.32 Å². The van der Waals surface area contributed by atoms with Gasteiger partial charge in [0, 0.05) is 25.4 Å². The predicted octanol–water partition coefficient (Wildman–Crippen LogP) is 5.04. The molecule has 0 spiro atoms. The Kier molecular flexibility index (Phi) is 8.27. The van der Waals surface area contributed by atoms with E-state index in [1.54, 1.807) is 18.4 Å². The minimum Gasteiger partial charge on any atom is -0.312 e. The fourth-order valence-electron chi connectivity index (χ4n) is 2.59. The van der Waals surface area contributed by atoms with Gasteiger partial charge in [0.2, 0.25) is 0 Å². The maximum absolute atomic E-state index is 13.5. The highest BCUT2D eigenvalue weighted by Gasteiger charge is 2.29. The van der Waals surface area contributed by atoms with E-state index >= 15 is 0 Å². The average Bonchev–Trinajstić information content (AvgIpc) is 3.19. The van der Waals surface area contributed by atoms with Crippen LogP contribution in [-0.2, 0) is 19.5 Å². The second kappa shape index (κ2) is 9.69. The molecule has 6 heteroatoms. The number of hydrogen-bond donors (Lipinski definition) is 1. The van der Waals surface area contributed by atoms with Crippen molar-refractivity contribution in [2.75, 3.05) is 6.54 Å². The molecular formula is C19H27F2N3S. The third-order valence-electron chi connectivity index (χ3n) is 4.13. The SMILES string of the molecule is C#C.CCC(CC)CNCc1ccc(-c2cc(C(C)(F)F)n(C)n2)s1. The van der Waals surface area contributed by atoms with Gasteiger partial charge in [-0.3, -0.25) is 4.68 Å². The van der Waals surface area contributed by atoms with Crippen LogP contribution in [-0.4, -0.2) is 16.3 Å². The van der Waals surface area contributed by atoms with Gasteiger partial charge in [0.25, 0.3) is 5.92 Å². The molecule has 0 aromatic carbocycles. The first-order valence-electron chi connectivity index (χ1n) is 8.40. The van der Waals surface area contributed by atoms with Crippen LogP contribution >= 0.6 is 11.3 Å². The quantitative estimate of drug-likeness (QED) is 0.663. The van der Waals surface area contributed by atoms with E-state index < -0.39 is 5.92 Å². The summed E-state index contributed by atoms with van der Waals surface area (Å²) in [4.78, 5) is 2.12. The second-order valence-corrected chi connectivity index (χ2v) is 7.17. The van der Waals surface area contributed by atoms with Crippen LogP contribution < -0.4 is 5.32 Å². The monoisotopic (exact) mass is 367 g/mol. The zero-order chi connectivity index (χ0) is 19.0. The van der Waals surface area contributed by atoms with E-state index in [0.29, 0.717) is 11.6 Å². The molecule has 138 valence electrons. The summed E-state index contributed by atoms with van der Waals surface area (Å²) in [5, 5.41) is 7.70. The molecule has 0 atom stereocenters. The summed E-state index contributed by atoms with van der Waals surface area (Å²) in [6.07, 6.45) is 10.4. The lowest BCUT2D eigenvalue weighted by Crippen LogP contribution is -2.21. The fraction of sp³-hybridized carbons (Fsp3) is 0.526. The standard InChI is InChI=1S/C17H25F2N3S.C2H2/c1-5-12(6-2)10-20-11-13-7-8-15(23-13)14-9-16(17(3,18)19)22(4)21-14;1-2/h7-9,12,20H,5-6,10-11H2,1-4H3;1-2H. The summed E-state index contributed by atoms with van der Waals surface area (Å²) in [5.41, 5.74) is 0.551. The molecule has 0 radical (unpaired) electrons. The molecule has 1 N–H and O–H groups in total. The van der Waals surface area contributed by atoms with E-state index in [0.717, 1.165) is 24.9 Å². The Labute approximate surface area is 153 Å². The number of rotatable bonds is 8. The first-order chi connectivity index (χ1) is 11.8. The van der Waals surface area contributed by atoms with Crippen molar-refractivity contribution in [2.24, 2.45) is 13.0 Å². The van der Waals surface area contributed by atoms with E-state index in [-0.39, 0.29) is 5.69 Å². The molecule has 0 saturated carbocycles. The molecule has 0 saturated heterocycles. The van der Waals surface area contributed by atoms with Crippen LogP contribution in [0.3, 0.4) is 0 Å². The predicted molar refractivity (Wildman–Crippen MR) is 102 cm³/mol. The maximum atomic E-state index is 13.5. The fourth-order valence-corrected chi connectivity index (χ4v) is 3.52. The Morgan fingerprint density at radius 2 is 1.92 bits per heavy atom. The number of halogens is 2. The molecule has 2 aromatic heterocycles. The number of alkyl halides is 2. The zero-order valence-corrected chi connectivity index (χ0v) is 16.2. The highest BCUT2D eigenvalue weighted by molar-refractivity contribution is 7.15. The third-order valence-corrected chi connectivity index (χ3v) is 5.24. The summed E-state index contributed by atoms with van der Waals surface area (Å²) < 4.78 is 28.2. The Bertz CT molecular complexity index is 664. The van der Waals surface area contributed by atoms with Crippen molar-refractivity contribution in [3.63, 3.8) is 0 Å². The third kappa shape index (κ3) is 5.94. The summed E-state index contributed by atoms with van der Waals surface area (Å²) in [6, 6.07) is 5.48. The summed E-state index contributed by atoms with van der Waals surface area (Å²) in [7, 11) is 1.56. The molecule has 0 aliphatic heterocycles. The molecule has 0 amide bonds. The van der Waals surface area contributed by atoms with Crippen molar-refractivity contribution in [1.29, 1.82) is 0 Å². The average molecular weight is 368 g/mol. The van der Waals surface area contributed by atoms with Crippen molar-refractivity contribution in [1.82, 2.24) is 15.1 Å². The van der Waals surface area contributed by atoms with E-state index in [2.05, 4.69) is 37.1 Å². The maximum Gasteiger partial charge on any atom is 0.286 e. The second-order valence-electron chi connectivity index (χ2n) is 6.01. The van der Waals surface area contributed by atoms with Crippen LogP contribution in [0.25, 0.3) is 10.6 Å². The molecule has 0 aliphatic rings. The Morgan fingerprint density at radius 3 is 2.44 bits per heavy atom. The minimum absolute atomic E-state index is 0.0608. The largest absolute Gasteiger partial charge is 0.312 e. The first-order valence-corrected chi connectivity index (χ1v) is 9.22. The van der Waals surface area contributed by atoms with E-state index in [4.69, 9.17) is 0 Å². The molecule has 2 rings (SSSR count). The molecule has 0 aliphatic carbocycles. The van der Waals surface area contributed by atoms with Crippen molar-refractivity contribution in [3.05, 3.63) is 28.8 Å². The van der Waals surface area contributed by atoms with E-state index in [1.165, 1.54) is 28.5 Å². The van der Waals surface area contributed by atoms with Gasteiger partial charge in [0.05, 0.1) is 4.88 Å². The van der Waals surface area contributed by atoms with Gasteiger partial charge in [0.15, 0.2) is 0 Å². The number of aromatic nitrogens is 2. The van der Waals surface area contributed by atoms with Crippen molar-refractivity contribution in [3.8, 4) is 23.4 Å². The molecule has 2 aromatic rings. The molecule has 0 bridgehead atoms. The van der Waals surface area contributed by atoms with Crippen LogP contribution in [0.4, 0.5) is 8.78 Å². The smallest absolute Gasteiger partial charge is 0.286 e. The van der Waals surface area contributed by atoms with Gasteiger partial charge in [-0.15, -0.1) is 24.2 Å². The van der Waals surface area contributed by atoms with Gasteiger partial charge >= 0.3 is 0 Å². The Balaban J connectivity index is 0.00000151. The van der Waals surface area contributed by atoms with Gasteiger partial charge in [-0.25, -0.2) is 0 Å². The summed E-state index contributed by atoms with van der Waals surface area (Å²) in [5.74, 6) is -2.17. The lowest BCUT2D eigenvalue weighted by Gasteiger charge is -2.12. The minimum atomic E-state index is -2.88. The number of terminal acetylenes is 1. The summed E-state index contributed by atoms with van der Waals surface area (Å²) >= 11 is 1.60. The van der Waals surface area contributed by atoms with Crippen LogP contribution in [0.1, 0.15) is 44.2 Å². The number of hydrogen-bond acceptors (Lipinski definition) is 3. The normalized spacial score (nSPS) is 11.4. The highest BCUT2D eigenvalue weighted by atomic mass is 32.1. The van der Waals surface area contributed by atoms with Crippen LogP contribution in [0, 0.1) is 18.8 Å². The first kappa shape index (κ1) is 21.3. The lowest BCUT2D eigenvalue weighted by molar-refractivity contribution is 0.00883. The molecule has 2 heterocycles. The van der Waals surface area contributed by atoms with Gasteiger partial charge in [0.1, 0.15) is 11.4 Å². The molecule has 0 unspecified atom stereocenters. The molecule has 3 nitrogen and oxygen atoms in total.